The lowest BCUT2D eigenvalue weighted by atomic mass is 10.4. The molecule has 0 atom stereocenters. The summed E-state index contributed by atoms with van der Waals surface area (Å²) in [6.07, 6.45) is 1.18. The molecular weight excluding hydrogens is 100 g/mol. The van der Waals surface area contributed by atoms with E-state index in [-0.39, 0.29) is 0 Å². The van der Waals surface area contributed by atoms with Crippen LogP contribution in [0.25, 0.3) is 0 Å². The van der Waals surface area contributed by atoms with Crippen molar-refractivity contribution in [1.29, 1.82) is 0 Å². The van der Waals surface area contributed by atoms with Crippen LogP contribution in [0.2, 0.25) is 0 Å². The van der Waals surface area contributed by atoms with Crippen molar-refractivity contribution in [3.8, 4) is 0 Å². The van der Waals surface area contributed by atoms with E-state index in [4.69, 9.17) is 0 Å². The van der Waals surface area contributed by atoms with Gasteiger partial charge in [-0.1, -0.05) is 6.92 Å². The van der Waals surface area contributed by atoms with Crippen LogP contribution in [0.15, 0.2) is 0 Å². The summed E-state index contributed by atoms with van der Waals surface area (Å²) in [5, 5.41) is 0. The molecule has 0 unspecified atom stereocenters. The van der Waals surface area contributed by atoms with E-state index in [1.54, 1.807) is 0 Å². The Bertz CT molecular complexity index is 43.8. The predicted octanol–water partition coefficient (Wildman–Crippen LogP) is 0.899. The third kappa shape index (κ3) is 5.92. The van der Waals surface area contributed by atoms with E-state index < -0.39 is 0 Å². The smallest absolute Gasteiger partial charge is 0.0156 e. The first-order valence-corrected chi connectivity index (χ1v) is 3.25. The van der Waals surface area contributed by atoms with E-state index in [2.05, 4.69) is 31.6 Å². The molecule has 0 radical (unpaired) electrons. The molecule has 0 saturated heterocycles. The Labute approximate surface area is 51.6 Å². The normalized spacial score (nSPS) is 10.5. The van der Waals surface area contributed by atoms with Crippen molar-refractivity contribution in [2.75, 3.05) is 6.54 Å². The van der Waals surface area contributed by atoms with Gasteiger partial charge in [0.05, 0.1) is 0 Å². The number of nitrogens with one attached hydrogen (secondary N) is 2. The van der Waals surface area contributed by atoms with Crippen LogP contribution >= 0.6 is 0 Å². The molecule has 0 fully saturated rings. The van der Waals surface area contributed by atoms with Gasteiger partial charge in [0.25, 0.3) is 0 Å². The third-order valence-electron chi connectivity index (χ3n) is 0.766. The Morgan fingerprint density at radius 2 is 2.00 bits per heavy atom. The molecule has 0 aromatic heterocycles. The molecule has 0 aromatic carbocycles. The van der Waals surface area contributed by atoms with Gasteiger partial charge < -0.3 is 0 Å². The second-order valence-corrected chi connectivity index (χ2v) is 2.23. The average Bonchev–Trinajstić information content (AvgIpc) is 1.66. The first kappa shape index (κ1) is 7.92. The van der Waals surface area contributed by atoms with Crippen LogP contribution in [0.1, 0.15) is 27.2 Å². The minimum atomic E-state index is 0.543. The largest absolute Gasteiger partial charge is 0.258 e. The molecule has 0 heterocycles. The first-order valence-electron chi connectivity index (χ1n) is 3.25. The van der Waals surface area contributed by atoms with Crippen molar-refractivity contribution in [1.82, 2.24) is 10.9 Å². The van der Waals surface area contributed by atoms with E-state index in [0.29, 0.717) is 6.04 Å². The minimum Gasteiger partial charge on any atom is -0.258 e. The maximum absolute atomic E-state index is 3.10. The second kappa shape index (κ2) is 5.06. The molecule has 0 aliphatic heterocycles. The summed E-state index contributed by atoms with van der Waals surface area (Å²) in [5.74, 6) is 0. The third-order valence-corrected chi connectivity index (χ3v) is 0.766. The van der Waals surface area contributed by atoms with Gasteiger partial charge in [0, 0.05) is 12.6 Å². The van der Waals surface area contributed by atoms with Gasteiger partial charge in [-0.05, 0) is 20.3 Å². The van der Waals surface area contributed by atoms with Gasteiger partial charge in [-0.25, -0.2) is 0 Å². The number of hydrogen-bond acceptors (Lipinski definition) is 2. The lowest BCUT2D eigenvalue weighted by Gasteiger charge is -2.07. The molecule has 2 nitrogen and oxygen atoms in total. The van der Waals surface area contributed by atoms with E-state index in [1.807, 2.05) is 0 Å². The zero-order valence-electron chi connectivity index (χ0n) is 5.99. The van der Waals surface area contributed by atoms with E-state index in [9.17, 15) is 0 Å². The SMILES string of the molecule is CCCNNC(C)C. The fraction of sp³-hybridized carbons (Fsp3) is 1.00. The molecular formula is C6H16N2. The Kier molecular flexibility index (Phi) is 5.01. The highest BCUT2D eigenvalue weighted by molar-refractivity contribution is 4.45. The maximum atomic E-state index is 3.10. The lowest BCUT2D eigenvalue weighted by molar-refractivity contribution is 0.472. The molecule has 8 heavy (non-hydrogen) atoms. The monoisotopic (exact) mass is 116 g/mol. The molecule has 0 aliphatic carbocycles. The maximum Gasteiger partial charge on any atom is 0.0156 e. The Balaban J connectivity index is 2.72. The van der Waals surface area contributed by atoms with E-state index in [0.717, 1.165) is 6.54 Å². The van der Waals surface area contributed by atoms with Gasteiger partial charge in [-0.15, -0.1) is 0 Å². The van der Waals surface area contributed by atoms with Gasteiger partial charge in [0.15, 0.2) is 0 Å². The molecule has 0 rings (SSSR count). The van der Waals surface area contributed by atoms with Gasteiger partial charge in [0.2, 0.25) is 0 Å². The van der Waals surface area contributed by atoms with Crippen LogP contribution in [0.4, 0.5) is 0 Å². The van der Waals surface area contributed by atoms with Gasteiger partial charge in [0.1, 0.15) is 0 Å². The first-order chi connectivity index (χ1) is 3.77. The number of hydrogen-bond donors (Lipinski definition) is 2. The zero-order chi connectivity index (χ0) is 6.41. The van der Waals surface area contributed by atoms with Crippen molar-refractivity contribution < 1.29 is 0 Å². The fourth-order valence-electron chi connectivity index (χ4n) is 0.401. The Hall–Kier alpha value is -0.0800. The quantitative estimate of drug-likeness (QED) is 0.421. The molecule has 0 aromatic rings. The molecule has 0 spiro atoms. The molecule has 2 heteroatoms. The summed E-state index contributed by atoms with van der Waals surface area (Å²) >= 11 is 0. The molecule has 2 N–H and O–H groups in total. The Morgan fingerprint density at radius 3 is 2.38 bits per heavy atom. The van der Waals surface area contributed by atoms with Crippen molar-refractivity contribution in [3.63, 3.8) is 0 Å². The average molecular weight is 116 g/mol. The summed E-state index contributed by atoms with van der Waals surface area (Å²) in [7, 11) is 0. The standard InChI is InChI=1S/C6H16N2/c1-4-5-7-8-6(2)3/h6-8H,4-5H2,1-3H3. The van der Waals surface area contributed by atoms with Crippen molar-refractivity contribution >= 4 is 0 Å². The highest BCUT2D eigenvalue weighted by atomic mass is 15.4. The number of rotatable bonds is 4. The molecule has 0 bridgehead atoms. The summed E-state index contributed by atoms with van der Waals surface area (Å²) in [6.45, 7) is 7.43. The minimum absolute atomic E-state index is 0.543. The van der Waals surface area contributed by atoms with Crippen LogP contribution in [0.3, 0.4) is 0 Å². The van der Waals surface area contributed by atoms with Gasteiger partial charge in [-0.2, -0.15) is 0 Å². The summed E-state index contributed by atoms with van der Waals surface area (Å²) in [5.41, 5.74) is 6.18. The molecule has 0 aliphatic rings. The van der Waals surface area contributed by atoms with Crippen LogP contribution < -0.4 is 10.9 Å². The van der Waals surface area contributed by atoms with E-state index in [1.165, 1.54) is 6.42 Å². The van der Waals surface area contributed by atoms with Crippen LogP contribution in [-0.2, 0) is 0 Å². The second-order valence-electron chi connectivity index (χ2n) is 2.23. The van der Waals surface area contributed by atoms with Crippen molar-refractivity contribution in [2.45, 2.75) is 33.2 Å². The van der Waals surface area contributed by atoms with Crippen LogP contribution in [0, 0.1) is 0 Å². The van der Waals surface area contributed by atoms with Crippen LogP contribution in [-0.4, -0.2) is 12.6 Å². The number of hydrazine groups is 1. The predicted molar refractivity (Wildman–Crippen MR) is 36.6 cm³/mol. The van der Waals surface area contributed by atoms with E-state index >= 15 is 0 Å². The molecule has 0 amide bonds. The molecule has 0 saturated carbocycles. The highest BCUT2D eigenvalue weighted by Gasteiger charge is 1.85. The van der Waals surface area contributed by atoms with Crippen molar-refractivity contribution in [3.05, 3.63) is 0 Å². The molecule has 50 valence electrons. The lowest BCUT2D eigenvalue weighted by Crippen LogP contribution is -2.37. The summed E-state index contributed by atoms with van der Waals surface area (Å²) in [6, 6.07) is 0.543. The zero-order valence-corrected chi connectivity index (χ0v) is 5.99. The van der Waals surface area contributed by atoms with Crippen LogP contribution in [0.5, 0.6) is 0 Å². The van der Waals surface area contributed by atoms with Gasteiger partial charge >= 0.3 is 0 Å². The fourth-order valence-corrected chi connectivity index (χ4v) is 0.401. The van der Waals surface area contributed by atoms with Crippen molar-refractivity contribution in [2.24, 2.45) is 0 Å². The Morgan fingerprint density at radius 1 is 1.38 bits per heavy atom. The topological polar surface area (TPSA) is 24.1 Å². The summed E-state index contributed by atoms with van der Waals surface area (Å²) < 4.78 is 0. The summed E-state index contributed by atoms with van der Waals surface area (Å²) in [4.78, 5) is 0. The highest BCUT2D eigenvalue weighted by Crippen LogP contribution is 1.71. The van der Waals surface area contributed by atoms with Gasteiger partial charge in [-0.3, -0.25) is 10.9 Å².